The number of benzene rings is 1. The standard InChI is InChI=1S/C27H32FN5O8/c1-2-40-27(38)33-12-10-32(11-13-33)26(37)20(7-8-23(34)35)30-25(36)21-15-22(41-19-9-14-39-16-19)31-24(29-21)17-3-5-18(28)6-4-17/h3-6,15,19-20H,2,7-14,16H2,1H3,(H,30,36)(H,34,35)/t19-,20?/m0/s1. The number of rotatable bonds is 10. The lowest BCUT2D eigenvalue weighted by Gasteiger charge is -2.35. The van der Waals surface area contributed by atoms with Crippen molar-refractivity contribution in [3.8, 4) is 17.3 Å². The van der Waals surface area contributed by atoms with Crippen LogP contribution in [0.4, 0.5) is 9.18 Å². The monoisotopic (exact) mass is 573 g/mol. The first-order valence-corrected chi connectivity index (χ1v) is 13.4. The Balaban J connectivity index is 1.53. The number of carbonyl (C=O) groups excluding carboxylic acids is 3. The second-order valence-corrected chi connectivity index (χ2v) is 9.50. The van der Waals surface area contributed by atoms with Gasteiger partial charge in [0.15, 0.2) is 5.82 Å². The highest BCUT2D eigenvalue weighted by Gasteiger charge is 2.31. The smallest absolute Gasteiger partial charge is 0.409 e. The number of hydrogen-bond donors (Lipinski definition) is 2. The Hall–Kier alpha value is -4.33. The van der Waals surface area contributed by atoms with Gasteiger partial charge in [-0.15, -0.1) is 0 Å². The lowest BCUT2D eigenvalue weighted by molar-refractivity contribution is -0.138. The molecule has 0 bridgehead atoms. The second-order valence-electron chi connectivity index (χ2n) is 9.50. The van der Waals surface area contributed by atoms with Crippen molar-refractivity contribution in [2.24, 2.45) is 0 Å². The minimum Gasteiger partial charge on any atom is -0.481 e. The summed E-state index contributed by atoms with van der Waals surface area (Å²) < 4.78 is 29.8. The molecule has 1 aromatic heterocycles. The fraction of sp³-hybridized carbons (Fsp3) is 0.481. The molecule has 2 aliphatic rings. The molecule has 41 heavy (non-hydrogen) atoms. The van der Waals surface area contributed by atoms with Crippen molar-refractivity contribution in [2.75, 3.05) is 46.0 Å². The molecule has 2 aromatic rings. The molecule has 0 radical (unpaired) electrons. The zero-order valence-corrected chi connectivity index (χ0v) is 22.6. The molecule has 0 saturated carbocycles. The number of carboxylic acid groups (broad SMARTS) is 1. The number of carboxylic acids is 1. The summed E-state index contributed by atoms with van der Waals surface area (Å²) in [6.45, 7) is 3.68. The number of ether oxygens (including phenoxy) is 3. The summed E-state index contributed by atoms with van der Waals surface area (Å²) in [4.78, 5) is 61.7. The third kappa shape index (κ3) is 8.10. The normalized spacial score (nSPS) is 17.6. The number of nitrogens with one attached hydrogen (secondary N) is 1. The van der Waals surface area contributed by atoms with E-state index in [1.54, 1.807) is 6.92 Å². The summed E-state index contributed by atoms with van der Waals surface area (Å²) in [5, 5.41) is 11.9. The highest BCUT2D eigenvalue weighted by atomic mass is 19.1. The van der Waals surface area contributed by atoms with Crippen molar-refractivity contribution in [1.29, 1.82) is 0 Å². The van der Waals surface area contributed by atoms with Crippen molar-refractivity contribution < 1.29 is 42.9 Å². The molecule has 2 fully saturated rings. The number of carbonyl (C=O) groups is 4. The van der Waals surface area contributed by atoms with Crippen molar-refractivity contribution in [3.05, 3.63) is 41.8 Å². The van der Waals surface area contributed by atoms with E-state index in [4.69, 9.17) is 14.2 Å². The first-order chi connectivity index (χ1) is 19.7. The number of amides is 3. The van der Waals surface area contributed by atoms with Gasteiger partial charge in [0.25, 0.3) is 5.91 Å². The largest absolute Gasteiger partial charge is 0.481 e. The molecule has 0 spiro atoms. The summed E-state index contributed by atoms with van der Waals surface area (Å²) in [6, 6.07) is 5.56. The van der Waals surface area contributed by atoms with Gasteiger partial charge in [0.1, 0.15) is 23.7 Å². The second kappa shape index (κ2) is 13.8. The number of nitrogens with zero attached hydrogens (tertiary/aromatic N) is 4. The van der Waals surface area contributed by atoms with Crippen LogP contribution in [-0.4, -0.2) is 107 Å². The van der Waals surface area contributed by atoms with Crippen molar-refractivity contribution in [2.45, 2.75) is 38.3 Å². The maximum Gasteiger partial charge on any atom is 0.409 e. The van der Waals surface area contributed by atoms with Crippen LogP contribution in [0, 0.1) is 5.82 Å². The third-order valence-corrected chi connectivity index (χ3v) is 6.58. The van der Waals surface area contributed by atoms with Gasteiger partial charge in [0, 0.05) is 50.7 Å². The van der Waals surface area contributed by atoms with Gasteiger partial charge < -0.3 is 34.4 Å². The highest BCUT2D eigenvalue weighted by Crippen LogP contribution is 2.22. The van der Waals surface area contributed by atoms with Gasteiger partial charge in [-0.3, -0.25) is 14.4 Å². The number of piperazine rings is 1. The Bertz CT molecular complexity index is 1250. The summed E-state index contributed by atoms with van der Waals surface area (Å²) in [6.07, 6.45) is -0.637. The van der Waals surface area contributed by atoms with Crippen LogP contribution in [0.3, 0.4) is 0 Å². The van der Waals surface area contributed by atoms with Crippen LogP contribution in [0.1, 0.15) is 36.7 Å². The predicted octanol–water partition coefficient (Wildman–Crippen LogP) is 1.71. The van der Waals surface area contributed by atoms with Crippen molar-refractivity contribution >= 4 is 23.9 Å². The molecular weight excluding hydrogens is 541 g/mol. The van der Waals surface area contributed by atoms with E-state index in [-0.39, 0.29) is 69.1 Å². The van der Waals surface area contributed by atoms with Gasteiger partial charge in [0.05, 0.1) is 19.8 Å². The minimum absolute atomic E-state index is 0.100. The van der Waals surface area contributed by atoms with Gasteiger partial charge in [-0.2, -0.15) is 4.98 Å². The summed E-state index contributed by atoms with van der Waals surface area (Å²) in [5.41, 5.74) is 0.319. The SMILES string of the molecule is CCOC(=O)N1CCN(C(=O)C(CCC(=O)O)NC(=O)c2cc(O[C@H]3CCOC3)nc(-c3ccc(F)cc3)n2)CC1. The molecule has 13 nitrogen and oxygen atoms in total. The molecular formula is C27H32FN5O8. The zero-order valence-electron chi connectivity index (χ0n) is 22.6. The number of hydrogen-bond acceptors (Lipinski definition) is 9. The average Bonchev–Trinajstić information content (AvgIpc) is 3.48. The zero-order chi connectivity index (χ0) is 29.4. The first kappa shape index (κ1) is 29.6. The average molecular weight is 574 g/mol. The molecule has 2 atom stereocenters. The lowest BCUT2D eigenvalue weighted by Crippen LogP contribution is -2.56. The van der Waals surface area contributed by atoms with Crippen molar-refractivity contribution in [3.63, 3.8) is 0 Å². The summed E-state index contributed by atoms with van der Waals surface area (Å²) in [7, 11) is 0. The van der Waals surface area contributed by atoms with Crippen LogP contribution in [-0.2, 0) is 19.1 Å². The van der Waals surface area contributed by atoms with Crippen LogP contribution in [0.15, 0.2) is 30.3 Å². The highest BCUT2D eigenvalue weighted by molar-refractivity contribution is 5.96. The van der Waals surface area contributed by atoms with Gasteiger partial charge in [0.2, 0.25) is 11.8 Å². The van der Waals surface area contributed by atoms with Gasteiger partial charge in [-0.1, -0.05) is 0 Å². The van der Waals surface area contributed by atoms with E-state index in [1.807, 2.05) is 0 Å². The fourth-order valence-electron chi connectivity index (χ4n) is 4.41. The summed E-state index contributed by atoms with van der Waals surface area (Å²) in [5.74, 6) is -2.59. The lowest BCUT2D eigenvalue weighted by atomic mass is 10.1. The predicted molar refractivity (Wildman–Crippen MR) is 141 cm³/mol. The van der Waals surface area contributed by atoms with E-state index in [0.717, 1.165) is 0 Å². The van der Waals surface area contributed by atoms with Crippen molar-refractivity contribution in [1.82, 2.24) is 25.1 Å². The van der Waals surface area contributed by atoms with E-state index in [9.17, 15) is 28.7 Å². The molecule has 2 aliphatic heterocycles. The van der Waals surface area contributed by atoms with E-state index in [0.29, 0.717) is 25.2 Å². The van der Waals surface area contributed by atoms with Crippen LogP contribution in [0.25, 0.3) is 11.4 Å². The van der Waals surface area contributed by atoms with Crippen LogP contribution < -0.4 is 10.1 Å². The Morgan fingerprint density at radius 2 is 1.83 bits per heavy atom. The maximum absolute atomic E-state index is 13.5. The Labute approximate surface area is 235 Å². The van der Waals surface area contributed by atoms with Gasteiger partial charge >= 0.3 is 12.1 Å². The molecule has 2 saturated heterocycles. The molecule has 1 aromatic carbocycles. The molecule has 1 unspecified atom stereocenters. The Morgan fingerprint density at radius 3 is 2.46 bits per heavy atom. The maximum atomic E-state index is 13.5. The molecule has 220 valence electrons. The molecule has 4 rings (SSSR count). The minimum atomic E-state index is -1.16. The van der Waals surface area contributed by atoms with E-state index in [2.05, 4.69) is 15.3 Å². The quantitative estimate of drug-likeness (QED) is 0.428. The molecule has 2 N–H and O–H groups in total. The molecule has 3 amide bonds. The third-order valence-electron chi connectivity index (χ3n) is 6.58. The Morgan fingerprint density at radius 1 is 1.12 bits per heavy atom. The van der Waals surface area contributed by atoms with Crippen LogP contribution in [0.5, 0.6) is 5.88 Å². The molecule has 3 heterocycles. The topological polar surface area (TPSA) is 160 Å². The van der Waals surface area contributed by atoms with E-state index >= 15 is 0 Å². The first-order valence-electron chi connectivity index (χ1n) is 13.4. The molecule has 14 heteroatoms. The van der Waals surface area contributed by atoms with E-state index in [1.165, 1.54) is 40.1 Å². The fourth-order valence-corrected chi connectivity index (χ4v) is 4.41. The number of halogens is 1. The van der Waals surface area contributed by atoms with Gasteiger partial charge in [-0.05, 0) is 37.6 Å². The molecule has 0 aliphatic carbocycles. The Kier molecular flexibility index (Phi) is 10.0. The number of aliphatic carboxylic acids is 1. The van der Waals surface area contributed by atoms with Crippen LogP contribution >= 0.6 is 0 Å². The van der Waals surface area contributed by atoms with Crippen LogP contribution in [0.2, 0.25) is 0 Å². The summed E-state index contributed by atoms with van der Waals surface area (Å²) >= 11 is 0. The number of aromatic nitrogens is 2. The van der Waals surface area contributed by atoms with Gasteiger partial charge in [-0.25, -0.2) is 14.2 Å². The van der Waals surface area contributed by atoms with E-state index < -0.39 is 35.7 Å².